The summed E-state index contributed by atoms with van der Waals surface area (Å²) in [6.07, 6.45) is 5.25. The van der Waals surface area contributed by atoms with E-state index < -0.39 is 0 Å². The van der Waals surface area contributed by atoms with Crippen LogP contribution < -0.4 is 5.32 Å². The van der Waals surface area contributed by atoms with E-state index in [1.54, 1.807) is 37.8 Å². The van der Waals surface area contributed by atoms with E-state index in [1.165, 1.54) is 0 Å². The molecule has 7 nitrogen and oxygen atoms in total. The molecule has 0 saturated heterocycles. The number of aromatic nitrogens is 3. The van der Waals surface area contributed by atoms with Crippen molar-refractivity contribution in [2.45, 2.75) is 26.6 Å². The molecular formula is C16H23N5O2. The Labute approximate surface area is 136 Å². The van der Waals surface area contributed by atoms with Gasteiger partial charge in [-0.1, -0.05) is 0 Å². The van der Waals surface area contributed by atoms with Gasteiger partial charge in [0.05, 0.1) is 25.2 Å². The topological polar surface area (TPSA) is 72.3 Å². The van der Waals surface area contributed by atoms with E-state index in [-0.39, 0.29) is 6.03 Å². The molecule has 23 heavy (non-hydrogen) atoms. The maximum Gasteiger partial charge on any atom is 0.317 e. The van der Waals surface area contributed by atoms with Crippen LogP contribution in [0.3, 0.4) is 0 Å². The van der Waals surface area contributed by atoms with Gasteiger partial charge < -0.3 is 19.5 Å². The van der Waals surface area contributed by atoms with Crippen LogP contribution in [0.5, 0.6) is 0 Å². The van der Waals surface area contributed by atoms with Gasteiger partial charge in [0.1, 0.15) is 0 Å². The number of methoxy groups -OCH3 is 1. The smallest absolute Gasteiger partial charge is 0.317 e. The Kier molecular flexibility index (Phi) is 6.10. The number of carbonyl (C=O) groups is 1. The summed E-state index contributed by atoms with van der Waals surface area (Å²) in [5, 5.41) is 2.91. The Morgan fingerprint density at radius 1 is 1.48 bits per heavy atom. The number of imidazole rings is 1. The predicted octanol–water partition coefficient (Wildman–Crippen LogP) is 1.57. The van der Waals surface area contributed by atoms with E-state index >= 15 is 0 Å². The standard InChI is InChI=1S/C16H23N5O2/c1-13-8-14(4-5-18-13)11-20(2)16(22)19-10-15-9-17-12-21(15)6-7-23-3/h4-5,8-9,12H,6-7,10-11H2,1-3H3,(H,19,22). The number of aryl methyl sites for hydroxylation is 1. The summed E-state index contributed by atoms with van der Waals surface area (Å²) in [4.78, 5) is 22.1. The number of amides is 2. The SMILES string of the molecule is COCCn1cncc1CNC(=O)N(C)Cc1ccnc(C)c1. The van der Waals surface area contributed by atoms with Gasteiger partial charge in [-0.2, -0.15) is 0 Å². The van der Waals surface area contributed by atoms with Crippen LogP contribution in [0, 0.1) is 6.92 Å². The maximum absolute atomic E-state index is 12.2. The van der Waals surface area contributed by atoms with Gasteiger partial charge in [-0.05, 0) is 24.6 Å². The van der Waals surface area contributed by atoms with Gasteiger partial charge in [-0.15, -0.1) is 0 Å². The number of hydrogen-bond donors (Lipinski definition) is 1. The molecule has 2 heterocycles. The molecule has 0 aliphatic rings. The summed E-state index contributed by atoms with van der Waals surface area (Å²) in [6.45, 7) is 4.23. The average Bonchev–Trinajstić information content (AvgIpc) is 2.98. The number of pyridine rings is 1. The summed E-state index contributed by atoms with van der Waals surface area (Å²) in [5.41, 5.74) is 2.95. The van der Waals surface area contributed by atoms with E-state index in [1.807, 2.05) is 23.6 Å². The monoisotopic (exact) mass is 317 g/mol. The summed E-state index contributed by atoms with van der Waals surface area (Å²) in [5.74, 6) is 0. The van der Waals surface area contributed by atoms with Crippen molar-refractivity contribution in [1.82, 2.24) is 24.8 Å². The fourth-order valence-electron chi connectivity index (χ4n) is 2.24. The van der Waals surface area contributed by atoms with Crippen LogP contribution in [0.25, 0.3) is 0 Å². The minimum atomic E-state index is -0.126. The Bertz CT molecular complexity index is 641. The third-order valence-corrected chi connectivity index (χ3v) is 3.48. The zero-order chi connectivity index (χ0) is 16.7. The van der Waals surface area contributed by atoms with E-state index in [4.69, 9.17) is 4.74 Å². The fraction of sp³-hybridized carbons (Fsp3) is 0.438. The summed E-state index contributed by atoms with van der Waals surface area (Å²) in [6, 6.07) is 3.76. The predicted molar refractivity (Wildman–Crippen MR) is 86.8 cm³/mol. The van der Waals surface area contributed by atoms with Crippen molar-refractivity contribution in [1.29, 1.82) is 0 Å². The number of nitrogens with one attached hydrogen (secondary N) is 1. The molecule has 0 atom stereocenters. The molecule has 2 amide bonds. The van der Waals surface area contributed by atoms with Crippen molar-refractivity contribution in [2.24, 2.45) is 0 Å². The van der Waals surface area contributed by atoms with Crippen molar-refractivity contribution in [3.8, 4) is 0 Å². The highest BCUT2D eigenvalue weighted by Crippen LogP contribution is 2.05. The second kappa shape index (κ2) is 8.28. The lowest BCUT2D eigenvalue weighted by Crippen LogP contribution is -2.36. The molecule has 2 aromatic heterocycles. The first-order chi connectivity index (χ1) is 11.1. The van der Waals surface area contributed by atoms with Gasteiger partial charge in [0, 0.05) is 45.3 Å². The molecule has 0 aliphatic heterocycles. The minimum Gasteiger partial charge on any atom is -0.383 e. The van der Waals surface area contributed by atoms with Gasteiger partial charge in [-0.25, -0.2) is 9.78 Å². The molecule has 2 rings (SSSR count). The van der Waals surface area contributed by atoms with Crippen molar-refractivity contribution in [3.63, 3.8) is 0 Å². The third kappa shape index (κ3) is 5.07. The first-order valence-corrected chi connectivity index (χ1v) is 7.48. The highest BCUT2D eigenvalue weighted by atomic mass is 16.5. The molecule has 0 aromatic carbocycles. The van der Waals surface area contributed by atoms with Crippen LogP contribution >= 0.6 is 0 Å². The average molecular weight is 317 g/mol. The molecule has 0 aliphatic carbocycles. The fourth-order valence-corrected chi connectivity index (χ4v) is 2.24. The Balaban J connectivity index is 1.85. The third-order valence-electron chi connectivity index (χ3n) is 3.48. The quantitative estimate of drug-likeness (QED) is 0.841. The van der Waals surface area contributed by atoms with Gasteiger partial charge in [0.2, 0.25) is 0 Å². The lowest BCUT2D eigenvalue weighted by molar-refractivity contribution is 0.186. The van der Waals surface area contributed by atoms with Crippen molar-refractivity contribution >= 4 is 6.03 Å². The molecule has 2 aromatic rings. The molecule has 0 unspecified atom stereocenters. The minimum absolute atomic E-state index is 0.126. The molecule has 7 heteroatoms. The van der Waals surface area contributed by atoms with Gasteiger partial charge in [0.25, 0.3) is 0 Å². The molecular weight excluding hydrogens is 294 g/mol. The zero-order valence-electron chi connectivity index (χ0n) is 13.8. The van der Waals surface area contributed by atoms with Crippen LogP contribution in [0.1, 0.15) is 17.0 Å². The lowest BCUT2D eigenvalue weighted by atomic mass is 10.2. The highest BCUT2D eigenvalue weighted by molar-refractivity contribution is 5.73. The van der Waals surface area contributed by atoms with E-state index in [2.05, 4.69) is 15.3 Å². The Morgan fingerprint density at radius 2 is 2.30 bits per heavy atom. The van der Waals surface area contributed by atoms with Crippen LogP contribution in [-0.2, 0) is 24.4 Å². The van der Waals surface area contributed by atoms with Crippen LogP contribution in [0.2, 0.25) is 0 Å². The largest absolute Gasteiger partial charge is 0.383 e. The molecule has 0 fully saturated rings. The number of rotatable bonds is 7. The first kappa shape index (κ1) is 17.0. The maximum atomic E-state index is 12.2. The molecule has 0 radical (unpaired) electrons. The number of hydrogen-bond acceptors (Lipinski definition) is 4. The number of ether oxygens (including phenoxy) is 1. The normalized spacial score (nSPS) is 10.6. The first-order valence-electron chi connectivity index (χ1n) is 7.48. The van der Waals surface area contributed by atoms with Crippen molar-refractivity contribution in [3.05, 3.63) is 47.8 Å². The van der Waals surface area contributed by atoms with Crippen molar-refractivity contribution in [2.75, 3.05) is 20.8 Å². The summed E-state index contributed by atoms with van der Waals surface area (Å²) < 4.78 is 7.03. The lowest BCUT2D eigenvalue weighted by Gasteiger charge is -2.18. The van der Waals surface area contributed by atoms with Crippen molar-refractivity contribution < 1.29 is 9.53 Å². The van der Waals surface area contributed by atoms with Crippen LogP contribution in [0.15, 0.2) is 30.9 Å². The van der Waals surface area contributed by atoms with Gasteiger partial charge >= 0.3 is 6.03 Å². The molecule has 1 N–H and O–H groups in total. The molecule has 0 spiro atoms. The Hall–Kier alpha value is -2.41. The van der Waals surface area contributed by atoms with E-state index in [9.17, 15) is 4.79 Å². The van der Waals surface area contributed by atoms with E-state index in [0.717, 1.165) is 17.0 Å². The van der Waals surface area contributed by atoms with Crippen LogP contribution in [0.4, 0.5) is 4.79 Å². The number of nitrogens with zero attached hydrogens (tertiary/aromatic N) is 4. The molecule has 124 valence electrons. The van der Waals surface area contributed by atoms with Gasteiger partial charge in [0.15, 0.2) is 0 Å². The Morgan fingerprint density at radius 3 is 3.04 bits per heavy atom. The highest BCUT2D eigenvalue weighted by Gasteiger charge is 2.10. The van der Waals surface area contributed by atoms with E-state index in [0.29, 0.717) is 26.2 Å². The second-order valence-electron chi connectivity index (χ2n) is 5.39. The zero-order valence-corrected chi connectivity index (χ0v) is 13.8. The van der Waals surface area contributed by atoms with Crippen LogP contribution in [-0.4, -0.2) is 46.2 Å². The van der Waals surface area contributed by atoms with Gasteiger partial charge in [-0.3, -0.25) is 4.98 Å². The number of carbonyl (C=O) groups excluding carboxylic acids is 1. The number of urea groups is 1. The molecule has 0 bridgehead atoms. The summed E-state index contributed by atoms with van der Waals surface area (Å²) >= 11 is 0. The second-order valence-corrected chi connectivity index (χ2v) is 5.39. The molecule has 0 saturated carbocycles. The summed E-state index contributed by atoms with van der Waals surface area (Å²) in [7, 11) is 3.43.